The molecule has 0 atom stereocenters. The zero-order valence-corrected chi connectivity index (χ0v) is 11.6. The van der Waals surface area contributed by atoms with Crippen LogP contribution in [0.25, 0.3) is 5.69 Å². The highest BCUT2D eigenvalue weighted by Crippen LogP contribution is 2.22. The lowest BCUT2D eigenvalue weighted by Gasteiger charge is -2.09. The monoisotopic (exact) mass is 277 g/mol. The van der Waals surface area contributed by atoms with Crippen LogP contribution < -0.4 is 5.73 Å². The zero-order chi connectivity index (χ0) is 13.8. The number of nitrogens with zero attached hydrogens (tertiary/aromatic N) is 4. The van der Waals surface area contributed by atoms with E-state index in [1.807, 2.05) is 32.0 Å². The lowest BCUT2D eigenvalue weighted by atomic mass is 10.1. The van der Waals surface area contributed by atoms with Crippen LogP contribution in [0.15, 0.2) is 23.4 Å². The normalized spacial score (nSPS) is 10.6. The molecule has 19 heavy (non-hydrogen) atoms. The Morgan fingerprint density at radius 3 is 2.95 bits per heavy atom. The number of thioether (sulfide) groups is 1. The first-order valence-corrected chi connectivity index (χ1v) is 6.84. The van der Waals surface area contributed by atoms with Crippen LogP contribution >= 0.6 is 11.8 Å². The largest absolute Gasteiger partial charge is 0.370 e. The Balaban J connectivity index is 2.24. The summed E-state index contributed by atoms with van der Waals surface area (Å²) in [5.41, 5.74) is 8.38. The van der Waals surface area contributed by atoms with Gasteiger partial charge in [0.05, 0.1) is 5.69 Å². The Labute approximate surface area is 115 Å². The summed E-state index contributed by atoms with van der Waals surface area (Å²) in [4.78, 5) is 10.7. The molecule has 0 radical (unpaired) electrons. The number of aromatic nitrogens is 4. The molecule has 0 saturated heterocycles. The number of tetrazole rings is 1. The second-order valence-corrected chi connectivity index (χ2v) is 5.22. The summed E-state index contributed by atoms with van der Waals surface area (Å²) in [6.07, 6.45) is 0.310. The van der Waals surface area contributed by atoms with E-state index >= 15 is 0 Å². The number of hydrogen-bond acceptors (Lipinski definition) is 5. The molecule has 2 rings (SSSR count). The number of rotatable bonds is 5. The summed E-state index contributed by atoms with van der Waals surface area (Å²) < 4.78 is 1.69. The molecule has 0 aliphatic heterocycles. The Morgan fingerprint density at radius 1 is 1.42 bits per heavy atom. The van der Waals surface area contributed by atoms with Crippen molar-refractivity contribution in [1.82, 2.24) is 20.2 Å². The molecule has 0 fully saturated rings. The third kappa shape index (κ3) is 3.11. The maximum atomic E-state index is 10.7. The van der Waals surface area contributed by atoms with Crippen molar-refractivity contribution in [3.8, 4) is 5.69 Å². The summed E-state index contributed by atoms with van der Waals surface area (Å²) in [5.74, 6) is 0.249. The van der Waals surface area contributed by atoms with Gasteiger partial charge in [0.2, 0.25) is 11.1 Å². The predicted molar refractivity (Wildman–Crippen MR) is 73.2 cm³/mol. The first-order chi connectivity index (χ1) is 9.09. The van der Waals surface area contributed by atoms with E-state index in [1.165, 1.54) is 17.3 Å². The summed E-state index contributed by atoms with van der Waals surface area (Å²) in [6, 6.07) is 5.98. The third-order valence-corrected chi connectivity index (χ3v) is 3.75. The lowest BCUT2D eigenvalue weighted by molar-refractivity contribution is -0.117. The maximum Gasteiger partial charge on any atom is 0.218 e. The quantitative estimate of drug-likeness (QED) is 0.831. The van der Waals surface area contributed by atoms with Gasteiger partial charge in [-0.2, -0.15) is 4.68 Å². The number of primary amides is 1. The SMILES string of the molecule is Cc1cccc(-n2nnnc2SCCC(N)=O)c1C. The third-order valence-electron chi connectivity index (χ3n) is 2.82. The van der Waals surface area contributed by atoms with Crippen molar-refractivity contribution < 1.29 is 4.79 Å². The molecule has 1 aromatic carbocycles. The lowest BCUT2D eigenvalue weighted by Crippen LogP contribution is -2.11. The summed E-state index contributed by atoms with van der Waals surface area (Å²) in [5, 5.41) is 12.3. The van der Waals surface area contributed by atoms with Crippen molar-refractivity contribution >= 4 is 17.7 Å². The van der Waals surface area contributed by atoms with Crippen LogP contribution in [0.1, 0.15) is 17.5 Å². The van der Waals surface area contributed by atoms with E-state index in [2.05, 4.69) is 15.5 Å². The number of aryl methyl sites for hydroxylation is 1. The number of benzene rings is 1. The average molecular weight is 277 g/mol. The molecule has 0 bridgehead atoms. The zero-order valence-electron chi connectivity index (χ0n) is 10.8. The molecule has 0 spiro atoms. The van der Waals surface area contributed by atoms with Gasteiger partial charge in [-0.25, -0.2) is 0 Å². The maximum absolute atomic E-state index is 10.7. The van der Waals surface area contributed by atoms with Gasteiger partial charge in [0, 0.05) is 12.2 Å². The molecule has 1 amide bonds. The number of hydrogen-bond donors (Lipinski definition) is 1. The van der Waals surface area contributed by atoms with Crippen LogP contribution in [-0.4, -0.2) is 31.9 Å². The van der Waals surface area contributed by atoms with Crippen LogP contribution in [0.2, 0.25) is 0 Å². The fraction of sp³-hybridized carbons (Fsp3) is 0.333. The topological polar surface area (TPSA) is 86.7 Å². The van der Waals surface area contributed by atoms with Crippen molar-refractivity contribution in [3.63, 3.8) is 0 Å². The Kier molecular flexibility index (Phi) is 4.16. The van der Waals surface area contributed by atoms with Gasteiger partial charge in [0.15, 0.2) is 0 Å². The smallest absolute Gasteiger partial charge is 0.218 e. The highest BCUT2D eigenvalue weighted by Gasteiger charge is 2.12. The molecule has 2 aromatic rings. The molecule has 7 heteroatoms. The predicted octanol–water partition coefficient (Wildman–Crippen LogP) is 1.25. The standard InChI is InChI=1S/C12H15N5OS/c1-8-4-3-5-10(9(8)2)17-12(14-15-16-17)19-7-6-11(13)18/h3-5H,6-7H2,1-2H3,(H2,13,18). The van der Waals surface area contributed by atoms with Crippen molar-refractivity contribution in [1.29, 1.82) is 0 Å². The molecule has 0 unspecified atom stereocenters. The molecular formula is C12H15N5OS. The Bertz CT molecular complexity index is 596. The molecule has 0 saturated carbocycles. The van der Waals surface area contributed by atoms with Gasteiger partial charge in [-0.15, -0.1) is 5.10 Å². The van der Waals surface area contributed by atoms with E-state index < -0.39 is 0 Å². The minimum atomic E-state index is -0.321. The molecular weight excluding hydrogens is 262 g/mol. The van der Waals surface area contributed by atoms with Crippen LogP contribution in [0, 0.1) is 13.8 Å². The minimum absolute atomic E-state index is 0.310. The van der Waals surface area contributed by atoms with Gasteiger partial charge in [0.25, 0.3) is 0 Å². The van der Waals surface area contributed by atoms with Gasteiger partial charge in [-0.05, 0) is 41.5 Å². The van der Waals surface area contributed by atoms with Crippen LogP contribution in [-0.2, 0) is 4.79 Å². The molecule has 2 N–H and O–H groups in total. The average Bonchev–Trinajstić information content (AvgIpc) is 2.80. The molecule has 0 aliphatic carbocycles. The van der Waals surface area contributed by atoms with Crippen LogP contribution in [0.3, 0.4) is 0 Å². The number of nitrogens with two attached hydrogens (primary N) is 1. The van der Waals surface area contributed by atoms with Crippen molar-refractivity contribution in [2.24, 2.45) is 5.73 Å². The van der Waals surface area contributed by atoms with Crippen LogP contribution in [0.5, 0.6) is 0 Å². The molecule has 1 aromatic heterocycles. The first kappa shape index (κ1) is 13.5. The fourth-order valence-electron chi connectivity index (χ4n) is 1.63. The molecule has 0 aliphatic rings. The van der Waals surface area contributed by atoms with Gasteiger partial charge in [0.1, 0.15) is 0 Å². The highest BCUT2D eigenvalue weighted by atomic mass is 32.2. The van der Waals surface area contributed by atoms with Crippen LogP contribution in [0.4, 0.5) is 0 Å². The van der Waals surface area contributed by atoms with Crippen molar-refractivity contribution in [2.45, 2.75) is 25.4 Å². The summed E-state index contributed by atoms with van der Waals surface area (Å²) in [6.45, 7) is 4.08. The van der Waals surface area contributed by atoms with Gasteiger partial charge in [-0.3, -0.25) is 4.79 Å². The Morgan fingerprint density at radius 2 is 2.21 bits per heavy atom. The second kappa shape index (κ2) is 5.83. The Hall–Kier alpha value is -1.89. The van der Waals surface area contributed by atoms with Gasteiger partial charge in [-0.1, -0.05) is 23.9 Å². The molecule has 100 valence electrons. The number of carbonyl (C=O) groups excluding carboxylic acids is 1. The molecule has 6 nitrogen and oxygen atoms in total. The van der Waals surface area contributed by atoms with Gasteiger partial charge < -0.3 is 5.73 Å². The van der Waals surface area contributed by atoms with E-state index in [0.29, 0.717) is 17.3 Å². The van der Waals surface area contributed by atoms with E-state index in [0.717, 1.165) is 11.3 Å². The minimum Gasteiger partial charge on any atom is -0.370 e. The number of carbonyl (C=O) groups is 1. The van der Waals surface area contributed by atoms with Gasteiger partial charge >= 0.3 is 0 Å². The number of amides is 1. The first-order valence-electron chi connectivity index (χ1n) is 5.85. The van der Waals surface area contributed by atoms with Crippen molar-refractivity contribution in [3.05, 3.63) is 29.3 Å². The van der Waals surface area contributed by atoms with E-state index in [9.17, 15) is 4.79 Å². The van der Waals surface area contributed by atoms with E-state index in [-0.39, 0.29) is 5.91 Å². The summed E-state index contributed by atoms with van der Waals surface area (Å²) in [7, 11) is 0. The highest BCUT2D eigenvalue weighted by molar-refractivity contribution is 7.99. The second-order valence-electron chi connectivity index (χ2n) is 4.16. The fourth-order valence-corrected chi connectivity index (χ4v) is 2.47. The van der Waals surface area contributed by atoms with E-state index in [4.69, 9.17) is 5.73 Å². The van der Waals surface area contributed by atoms with Crippen molar-refractivity contribution in [2.75, 3.05) is 5.75 Å². The van der Waals surface area contributed by atoms with E-state index in [1.54, 1.807) is 4.68 Å². The summed E-state index contributed by atoms with van der Waals surface area (Å²) >= 11 is 1.42. The molecule has 1 heterocycles.